The molecule has 150 valence electrons. The summed E-state index contributed by atoms with van der Waals surface area (Å²) in [7, 11) is 1.46. The van der Waals surface area contributed by atoms with Crippen molar-refractivity contribution in [2.24, 2.45) is 4.99 Å². The van der Waals surface area contributed by atoms with Crippen LogP contribution in [0, 0.1) is 19.7 Å². The molecule has 0 aliphatic rings. The highest BCUT2D eigenvalue weighted by Gasteiger charge is 2.11. The number of nitrogens with zero attached hydrogens (tertiary/aromatic N) is 2. The van der Waals surface area contributed by atoms with E-state index in [4.69, 9.17) is 4.74 Å². The van der Waals surface area contributed by atoms with Crippen LogP contribution in [0.4, 0.5) is 4.39 Å². The molecule has 0 aliphatic carbocycles. The van der Waals surface area contributed by atoms with Crippen LogP contribution in [0.1, 0.15) is 41.0 Å². The first kappa shape index (κ1) is 23.6. The van der Waals surface area contributed by atoms with Gasteiger partial charge in [-0.25, -0.2) is 9.37 Å². The molecule has 0 saturated carbocycles. The third-order valence-corrected chi connectivity index (χ3v) is 5.11. The van der Waals surface area contributed by atoms with Crippen molar-refractivity contribution in [3.63, 3.8) is 0 Å². The van der Waals surface area contributed by atoms with E-state index in [0.29, 0.717) is 6.54 Å². The van der Waals surface area contributed by atoms with Crippen LogP contribution in [0.3, 0.4) is 0 Å². The summed E-state index contributed by atoms with van der Waals surface area (Å²) in [6.45, 7) is 9.48. The van der Waals surface area contributed by atoms with Gasteiger partial charge in [0.05, 0.1) is 23.9 Å². The average Bonchev–Trinajstić information content (AvgIpc) is 2.92. The van der Waals surface area contributed by atoms with Gasteiger partial charge < -0.3 is 15.4 Å². The van der Waals surface area contributed by atoms with E-state index in [2.05, 4.69) is 20.6 Å². The summed E-state index contributed by atoms with van der Waals surface area (Å²) in [6.07, 6.45) is 0.861. The Hall–Kier alpha value is -1.42. The molecule has 1 atom stereocenters. The van der Waals surface area contributed by atoms with Crippen molar-refractivity contribution in [1.29, 1.82) is 0 Å². The van der Waals surface area contributed by atoms with E-state index in [1.54, 1.807) is 17.4 Å². The number of rotatable bonds is 7. The highest BCUT2D eigenvalue weighted by atomic mass is 127. The van der Waals surface area contributed by atoms with Gasteiger partial charge in [0.1, 0.15) is 0 Å². The molecule has 0 radical (unpaired) electrons. The van der Waals surface area contributed by atoms with E-state index >= 15 is 0 Å². The van der Waals surface area contributed by atoms with Crippen molar-refractivity contribution in [2.75, 3.05) is 20.2 Å². The molecule has 2 rings (SSSR count). The van der Waals surface area contributed by atoms with Crippen LogP contribution in [0.25, 0.3) is 0 Å². The number of nitrogens with one attached hydrogen (secondary N) is 2. The Morgan fingerprint density at radius 1 is 1.37 bits per heavy atom. The summed E-state index contributed by atoms with van der Waals surface area (Å²) in [5, 5.41) is 7.64. The summed E-state index contributed by atoms with van der Waals surface area (Å²) >= 11 is 1.72. The Morgan fingerprint density at radius 2 is 2.11 bits per heavy atom. The summed E-state index contributed by atoms with van der Waals surface area (Å²) < 4.78 is 18.9. The number of guanidine groups is 1. The van der Waals surface area contributed by atoms with Crippen molar-refractivity contribution in [1.82, 2.24) is 15.6 Å². The Labute approximate surface area is 181 Å². The lowest BCUT2D eigenvalue weighted by Crippen LogP contribution is -2.38. The van der Waals surface area contributed by atoms with E-state index in [1.165, 1.54) is 18.1 Å². The van der Waals surface area contributed by atoms with Crippen LogP contribution < -0.4 is 15.4 Å². The Bertz CT molecular complexity index is 766. The minimum absolute atomic E-state index is 0. The highest BCUT2D eigenvalue weighted by Crippen LogP contribution is 2.21. The van der Waals surface area contributed by atoms with Crippen LogP contribution in [-0.2, 0) is 6.42 Å². The van der Waals surface area contributed by atoms with Gasteiger partial charge >= 0.3 is 0 Å². The summed E-state index contributed by atoms with van der Waals surface area (Å²) in [5.74, 6) is 0.600. The lowest BCUT2D eigenvalue weighted by atomic mass is 10.1. The fourth-order valence-corrected chi connectivity index (χ4v) is 3.56. The molecule has 0 bridgehead atoms. The number of aryl methyl sites for hydroxylation is 2. The van der Waals surface area contributed by atoms with Crippen molar-refractivity contribution in [2.45, 2.75) is 40.2 Å². The Morgan fingerprint density at radius 3 is 2.67 bits per heavy atom. The zero-order chi connectivity index (χ0) is 19.1. The smallest absolute Gasteiger partial charge is 0.191 e. The fraction of sp³-hybridized carbons (Fsp3) is 0.474. The van der Waals surface area contributed by atoms with Gasteiger partial charge in [0.25, 0.3) is 0 Å². The van der Waals surface area contributed by atoms with E-state index in [1.807, 2.05) is 33.8 Å². The van der Waals surface area contributed by atoms with Crippen LogP contribution in [0.5, 0.6) is 5.75 Å². The van der Waals surface area contributed by atoms with Crippen molar-refractivity contribution >= 4 is 41.3 Å². The van der Waals surface area contributed by atoms with Crippen molar-refractivity contribution < 1.29 is 9.13 Å². The monoisotopic (exact) mass is 506 g/mol. The van der Waals surface area contributed by atoms with E-state index < -0.39 is 0 Å². The van der Waals surface area contributed by atoms with Crippen molar-refractivity contribution in [3.05, 3.63) is 45.2 Å². The van der Waals surface area contributed by atoms with E-state index in [-0.39, 0.29) is 41.6 Å². The van der Waals surface area contributed by atoms with Crippen molar-refractivity contribution in [3.8, 4) is 5.75 Å². The Kier molecular flexibility index (Phi) is 10.00. The molecule has 1 aromatic heterocycles. The molecule has 1 aromatic carbocycles. The van der Waals surface area contributed by atoms with Crippen LogP contribution in [0.15, 0.2) is 23.2 Å². The number of methoxy groups -OCH3 is 1. The zero-order valence-corrected chi connectivity index (χ0v) is 19.6. The van der Waals surface area contributed by atoms with Gasteiger partial charge in [0, 0.05) is 24.4 Å². The first-order valence-corrected chi connectivity index (χ1v) is 9.57. The molecule has 8 heteroatoms. The Balaban J connectivity index is 0.00000364. The number of ether oxygens (including phenoxy) is 1. The molecular weight excluding hydrogens is 478 g/mol. The molecular formula is C19H28FIN4OS. The number of aromatic nitrogens is 1. The van der Waals surface area contributed by atoms with Gasteiger partial charge in [-0.3, -0.25) is 4.99 Å². The molecule has 2 aromatic rings. The van der Waals surface area contributed by atoms with Gasteiger partial charge in [-0.1, -0.05) is 6.07 Å². The molecule has 0 fully saturated rings. The number of hydrogen-bond donors (Lipinski definition) is 2. The lowest BCUT2D eigenvalue weighted by molar-refractivity contribution is 0.386. The maximum Gasteiger partial charge on any atom is 0.191 e. The minimum atomic E-state index is -0.364. The molecule has 0 spiro atoms. The third-order valence-electron chi connectivity index (χ3n) is 3.98. The normalized spacial score (nSPS) is 12.3. The van der Waals surface area contributed by atoms with Gasteiger partial charge in [-0.2, -0.15) is 0 Å². The summed E-state index contributed by atoms with van der Waals surface area (Å²) in [6, 6.07) is 4.90. The first-order valence-electron chi connectivity index (χ1n) is 8.75. The molecule has 1 heterocycles. The average molecular weight is 506 g/mol. The maximum atomic E-state index is 13.9. The predicted molar refractivity (Wildman–Crippen MR) is 121 cm³/mol. The SMILES string of the molecule is CCNC(=NCCc1sc(C)nc1C)NC(C)c1ccc(OC)c(F)c1.I. The number of thiazole rings is 1. The molecule has 2 N–H and O–H groups in total. The van der Waals surface area contributed by atoms with E-state index in [0.717, 1.165) is 35.2 Å². The molecule has 5 nitrogen and oxygen atoms in total. The standard InChI is InChI=1S/C19H27FN4OS.HI/c1-6-21-19(22-10-9-18-13(3)23-14(4)26-18)24-12(2)15-7-8-17(25-5)16(20)11-15;/h7-8,11-12H,6,9-10H2,1-5H3,(H2,21,22,24);1H. The largest absolute Gasteiger partial charge is 0.494 e. The number of hydrogen-bond acceptors (Lipinski definition) is 4. The third kappa shape index (κ3) is 6.91. The second kappa shape index (κ2) is 11.4. The quantitative estimate of drug-likeness (QED) is 0.333. The van der Waals surface area contributed by atoms with E-state index in [9.17, 15) is 4.39 Å². The molecule has 27 heavy (non-hydrogen) atoms. The van der Waals surface area contributed by atoms with Crippen LogP contribution >= 0.6 is 35.3 Å². The topological polar surface area (TPSA) is 58.5 Å². The van der Waals surface area contributed by atoms with Gasteiger partial charge in [-0.05, 0) is 45.4 Å². The summed E-state index contributed by atoms with van der Waals surface area (Å²) in [4.78, 5) is 10.4. The maximum absolute atomic E-state index is 13.9. The number of aliphatic imine (C=N–C) groups is 1. The van der Waals surface area contributed by atoms with Gasteiger partial charge in [-0.15, -0.1) is 35.3 Å². The molecule has 0 amide bonds. The first-order chi connectivity index (χ1) is 12.4. The number of halogens is 2. The highest BCUT2D eigenvalue weighted by molar-refractivity contribution is 14.0. The second-order valence-corrected chi connectivity index (χ2v) is 7.30. The predicted octanol–water partition coefficient (Wildman–Crippen LogP) is 4.38. The second-order valence-electron chi connectivity index (χ2n) is 6.01. The molecule has 0 aliphatic heterocycles. The number of benzene rings is 1. The molecule has 0 saturated heterocycles. The zero-order valence-electron chi connectivity index (χ0n) is 16.4. The lowest BCUT2D eigenvalue weighted by Gasteiger charge is -2.18. The molecule has 1 unspecified atom stereocenters. The fourth-order valence-electron chi connectivity index (χ4n) is 2.64. The minimum Gasteiger partial charge on any atom is -0.494 e. The summed E-state index contributed by atoms with van der Waals surface area (Å²) in [5.41, 5.74) is 1.92. The van der Waals surface area contributed by atoms with Crippen LogP contribution in [-0.4, -0.2) is 31.1 Å². The van der Waals surface area contributed by atoms with Gasteiger partial charge in [0.2, 0.25) is 0 Å². The van der Waals surface area contributed by atoms with Gasteiger partial charge in [0.15, 0.2) is 17.5 Å². The van der Waals surface area contributed by atoms with Crippen LogP contribution in [0.2, 0.25) is 0 Å².